The number of carbonyl (C=O) groups is 1. The molecule has 2 aromatic rings. The van der Waals surface area contributed by atoms with Gasteiger partial charge in [0.05, 0.1) is 25.3 Å². The van der Waals surface area contributed by atoms with Crippen LogP contribution in [0.15, 0.2) is 48.4 Å². The van der Waals surface area contributed by atoms with Gasteiger partial charge >= 0.3 is 0 Å². The first kappa shape index (κ1) is 24.3. The number of nitrogens with zero attached hydrogens (tertiary/aromatic N) is 2. The molecule has 1 amide bonds. The monoisotopic (exact) mass is 458 g/mol. The van der Waals surface area contributed by atoms with Gasteiger partial charge < -0.3 is 19.5 Å². The van der Waals surface area contributed by atoms with Crippen molar-refractivity contribution in [2.45, 2.75) is 44.9 Å². The van der Waals surface area contributed by atoms with Gasteiger partial charge in [-0.05, 0) is 68.5 Å². The van der Waals surface area contributed by atoms with Crippen molar-refractivity contribution in [3.8, 4) is 11.5 Å². The predicted octanol–water partition coefficient (Wildman–Crippen LogP) is 3.91. The van der Waals surface area contributed by atoms with E-state index in [9.17, 15) is 9.90 Å². The van der Waals surface area contributed by atoms with E-state index in [1.807, 2.05) is 41.0 Å². The quantitative estimate of drug-likeness (QED) is 0.547. The first-order valence-corrected chi connectivity index (χ1v) is 11.8. The van der Waals surface area contributed by atoms with Gasteiger partial charge in [0.1, 0.15) is 18.1 Å². The third-order valence-electron chi connectivity index (χ3n) is 6.15. The average molecular weight is 459 g/mol. The fourth-order valence-electron chi connectivity index (χ4n) is 3.96. The van der Waals surface area contributed by atoms with Crippen molar-refractivity contribution in [2.75, 3.05) is 33.4 Å². The highest BCUT2D eigenvalue weighted by Gasteiger charge is 2.35. The Hall–Kier alpha value is -2.35. The summed E-state index contributed by atoms with van der Waals surface area (Å²) in [6.45, 7) is 11.1. The SMILES string of the molecule is C=CCN(CC(=O)N1CCc2sccc2[C@H]1COc1ccc(OC)cc1)[C@@H](C)C(C)(C)O. The molecule has 0 spiro atoms. The van der Waals surface area contributed by atoms with Gasteiger partial charge in [-0.3, -0.25) is 9.69 Å². The summed E-state index contributed by atoms with van der Waals surface area (Å²) < 4.78 is 11.3. The topological polar surface area (TPSA) is 62.2 Å². The van der Waals surface area contributed by atoms with E-state index in [4.69, 9.17) is 9.47 Å². The smallest absolute Gasteiger partial charge is 0.237 e. The molecule has 1 aliphatic rings. The van der Waals surface area contributed by atoms with Crippen molar-refractivity contribution in [2.24, 2.45) is 0 Å². The first-order chi connectivity index (χ1) is 15.2. The van der Waals surface area contributed by atoms with Gasteiger partial charge in [0.15, 0.2) is 0 Å². The molecular weight excluding hydrogens is 424 g/mol. The van der Waals surface area contributed by atoms with Gasteiger partial charge in [-0.25, -0.2) is 0 Å². The lowest BCUT2D eigenvalue weighted by molar-refractivity contribution is -0.137. The molecule has 6 nitrogen and oxygen atoms in total. The van der Waals surface area contributed by atoms with Crippen LogP contribution in [0.4, 0.5) is 0 Å². The summed E-state index contributed by atoms with van der Waals surface area (Å²) in [5, 5.41) is 12.6. The number of amides is 1. The minimum absolute atomic E-state index is 0.0307. The average Bonchev–Trinajstić information content (AvgIpc) is 3.25. The lowest BCUT2D eigenvalue weighted by Crippen LogP contribution is -2.53. The summed E-state index contributed by atoms with van der Waals surface area (Å²) in [4.78, 5) is 18.7. The van der Waals surface area contributed by atoms with E-state index in [0.29, 0.717) is 19.7 Å². The normalized spacial score (nSPS) is 17.1. The highest BCUT2D eigenvalue weighted by Crippen LogP contribution is 2.34. The molecule has 0 fully saturated rings. The van der Waals surface area contributed by atoms with Crippen LogP contribution in [-0.4, -0.2) is 65.8 Å². The van der Waals surface area contributed by atoms with E-state index in [2.05, 4.69) is 18.0 Å². The number of ether oxygens (including phenoxy) is 2. The summed E-state index contributed by atoms with van der Waals surface area (Å²) in [5.41, 5.74) is 0.233. The number of hydrogen-bond acceptors (Lipinski definition) is 6. The van der Waals surface area contributed by atoms with Crippen LogP contribution in [0.5, 0.6) is 11.5 Å². The van der Waals surface area contributed by atoms with E-state index >= 15 is 0 Å². The Morgan fingerprint density at radius 2 is 2.03 bits per heavy atom. The Balaban J connectivity index is 1.76. The largest absolute Gasteiger partial charge is 0.497 e. The molecule has 1 aromatic carbocycles. The number of benzene rings is 1. The summed E-state index contributed by atoms with van der Waals surface area (Å²) >= 11 is 1.73. The van der Waals surface area contributed by atoms with Crippen LogP contribution in [0.2, 0.25) is 0 Å². The lowest BCUT2D eigenvalue weighted by atomic mass is 9.98. The van der Waals surface area contributed by atoms with Crippen molar-refractivity contribution in [1.29, 1.82) is 0 Å². The van der Waals surface area contributed by atoms with Gasteiger partial charge in [-0.15, -0.1) is 17.9 Å². The lowest BCUT2D eigenvalue weighted by Gasteiger charge is -2.40. The maximum atomic E-state index is 13.5. The Morgan fingerprint density at radius 1 is 1.34 bits per heavy atom. The third-order valence-corrected chi connectivity index (χ3v) is 7.15. The Labute approximate surface area is 195 Å². The molecule has 1 N–H and O–H groups in total. The molecule has 2 heterocycles. The minimum atomic E-state index is -0.928. The maximum absolute atomic E-state index is 13.5. The molecule has 3 rings (SSSR count). The Bertz CT molecular complexity index is 903. The number of thiophene rings is 1. The number of aliphatic hydroxyl groups is 1. The molecule has 0 radical (unpaired) electrons. The molecule has 0 bridgehead atoms. The second kappa shape index (κ2) is 10.5. The highest BCUT2D eigenvalue weighted by molar-refractivity contribution is 7.10. The van der Waals surface area contributed by atoms with E-state index in [1.54, 1.807) is 38.4 Å². The van der Waals surface area contributed by atoms with Crippen molar-refractivity contribution >= 4 is 17.2 Å². The number of fused-ring (bicyclic) bond motifs is 1. The van der Waals surface area contributed by atoms with Crippen LogP contribution in [0, 0.1) is 0 Å². The van der Waals surface area contributed by atoms with Gasteiger partial charge in [0, 0.05) is 24.0 Å². The zero-order valence-corrected chi connectivity index (χ0v) is 20.2. The van der Waals surface area contributed by atoms with Crippen molar-refractivity contribution in [3.05, 3.63) is 58.8 Å². The van der Waals surface area contributed by atoms with Gasteiger partial charge in [0.25, 0.3) is 0 Å². The van der Waals surface area contributed by atoms with E-state index in [-0.39, 0.29) is 24.5 Å². The molecule has 7 heteroatoms. The van der Waals surface area contributed by atoms with E-state index in [0.717, 1.165) is 23.5 Å². The molecule has 0 aliphatic carbocycles. The van der Waals surface area contributed by atoms with Crippen LogP contribution in [-0.2, 0) is 11.2 Å². The van der Waals surface area contributed by atoms with Crippen molar-refractivity contribution in [1.82, 2.24) is 9.80 Å². The number of rotatable bonds is 10. The zero-order chi connectivity index (χ0) is 23.3. The molecule has 0 saturated heterocycles. The molecule has 174 valence electrons. The van der Waals surface area contributed by atoms with E-state index in [1.165, 1.54) is 4.88 Å². The molecule has 0 saturated carbocycles. The van der Waals surface area contributed by atoms with Crippen LogP contribution in [0.1, 0.15) is 37.3 Å². The predicted molar refractivity (Wildman–Crippen MR) is 128 cm³/mol. The second-order valence-corrected chi connectivity index (χ2v) is 9.69. The molecular formula is C25H34N2O4S. The van der Waals surface area contributed by atoms with Gasteiger partial charge in [-0.2, -0.15) is 0 Å². The molecule has 32 heavy (non-hydrogen) atoms. The highest BCUT2D eigenvalue weighted by atomic mass is 32.1. The summed E-state index contributed by atoms with van der Waals surface area (Å²) in [6.07, 6.45) is 2.62. The van der Waals surface area contributed by atoms with Gasteiger partial charge in [0.2, 0.25) is 5.91 Å². The Kier molecular flexibility index (Phi) is 7.98. The summed E-state index contributed by atoms with van der Waals surface area (Å²) in [6, 6.07) is 9.23. The molecule has 0 unspecified atom stereocenters. The molecule has 1 aromatic heterocycles. The van der Waals surface area contributed by atoms with Crippen molar-refractivity contribution < 1.29 is 19.4 Å². The zero-order valence-electron chi connectivity index (χ0n) is 19.4. The number of hydrogen-bond donors (Lipinski definition) is 1. The van der Waals surface area contributed by atoms with Gasteiger partial charge in [-0.1, -0.05) is 6.08 Å². The second-order valence-electron chi connectivity index (χ2n) is 8.69. The Morgan fingerprint density at radius 3 is 2.66 bits per heavy atom. The van der Waals surface area contributed by atoms with Crippen LogP contribution >= 0.6 is 11.3 Å². The third kappa shape index (κ3) is 5.71. The fraction of sp³-hybridized carbons (Fsp3) is 0.480. The maximum Gasteiger partial charge on any atom is 0.237 e. The number of methoxy groups -OCH3 is 1. The summed E-state index contributed by atoms with van der Waals surface area (Å²) in [7, 11) is 1.63. The first-order valence-electron chi connectivity index (χ1n) is 10.9. The van der Waals surface area contributed by atoms with E-state index < -0.39 is 5.60 Å². The van der Waals surface area contributed by atoms with Crippen molar-refractivity contribution in [3.63, 3.8) is 0 Å². The standard InChI is InChI=1S/C25H34N2O4S/c1-6-13-26(18(2)25(3,4)29)16-24(28)27-14-11-23-21(12-15-32-23)22(27)17-31-20-9-7-19(30-5)8-10-20/h6-10,12,15,18,22,29H,1,11,13-14,16-17H2,2-5H3/t18-,22+/m0/s1. The summed E-state index contributed by atoms with van der Waals surface area (Å²) in [5.74, 6) is 1.54. The van der Waals surface area contributed by atoms with Crippen LogP contribution in [0.3, 0.4) is 0 Å². The van der Waals surface area contributed by atoms with Crippen LogP contribution in [0.25, 0.3) is 0 Å². The minimum Gasteiger partial charge on any atom is -0.497 e. The number of carbonyl (C=O) groups excluding carboxylic acids is 1. The fourth-order valence-corrected chi connectivity index (χ4v) is 4.89. The molecule has 1 aliphatic heterocycles. The van der Waals surface area contributed by atoms with Crippen LogP contribution < -0.4 is 9.47 Å². The molecule has 2 atom stereocenters.